The SMILES string of the molecule is Cc1cc(C)cc(C(=O)C(C)(C)N(C)C)c1. The minimum absolute atomic E-state index is 0.171. The van der Waals surface area contributed by atoms with Gasteiger partial charge < -0.3 is 0 Å². The molecule has 0 atom stereocenters. The summed E-state index contributed by atoms with van der Waals surface area (Å²) in [5, 5.41) is 0. The van der Waals surface area contributed by atoms with E-state index in [0.29, 0.717) is 0 Å². The van der Waals surface area contributed by atoms with Crippen molar-refractivity contribution in [2.75, 3.05) is 14.1 Å². The van der Waals surface area contributed by atoms with Gasteiger partial charge >= 0.3 is 0 Å². The molecule has 16 heavy (non-hydrogen) atoms. The van der Waals surface area contributed by atoms with E-state index in [-0.39, 0.29) is 5.78 Å². The molecule has 0 bridgehead atoms. The van der Waals surface area contributed by atoms with E-state index in [4.69, 9.17) is 0 Å². The number of hydrogen-bond acceptors (Lipinski definition) is 2. The Morgan fingerprint density at radius 2 is 1.50 bits per heavy atom. The highest BCUT2D eigenvalue weighted by molar-refractivity contribution is 6.02. The molecule has 0 saturated heterocycles. The molecule has 0 radical (unpaired) electrons. The number of Topliss-reactive ketones (excluding diaryl/α,β-unsaturated/α-hetero) is 1. The van der Waals surface area contributed by atoms with E-state index >= 15 is 0 Å². The largest absolute Gasteiger partial charge is 0.297 e. The summed E-state index contributed by atoms with van der Waals surface area (Å²) in [7, 11) is 3.86. The van der Waals surface area contributed by atoms with E-state index in [9.17, 15) is 4.79 Å². The van der Waals surface area contributed by atoms with Gasteiger partial charge in [0, 0.05) is 5.56 Å². The lowest BCUT2D eigenvalue weighted by molar-refractivity contribution is 0.0755. The Morgan fingerprint density at radius 1 is 1.06 bits per heavy atom. The second-order valence-corrected chi connectivity index (χ2v) is 5.16. The molecular formula is C14H21NO. The number of aryl methyl sites for hydroxylation is 2. The third-order valence-electron chi connectivity index (χ3n) is 3.16. The Kier molecular flexibility index (Phi) is 3.54. The summed E-state index contributed by atoms with van der Waals surface area (Å²) in [6, 6.07) is 6.00. The Bertz CT molecular complexity index is 385. The maximum Gasteiger partial charge on any atom is 0.182 e. The normalized spacial score (nSPS) is 11.9. The zero-order valence-electron chi connectivity index (χ0n) is 11.1. The molecule has 0 saturated carbocycles. The van der Waals surface area contributed by atoms with Crippen LogP contribution in [0.4, 0.5) is 0 Å². The van der Waals surface area contributed by atoms with Gasteiger partial charge in [0.05, 0.1) is 5.54 Å². The molecule has 0 aliphatic carbocycles. The standard InChI is InChI=1S/C14H21NO/c1-10-7-11(2)9-12(8-10)13(16)14(3,4)15(5)6/h7-9H,1-6H3. The van der Waals surface area contributed by atoms with Crippen LogP contribution in [0.2, 0.25) is 0 Å². The Balaban J connectivity index is 3.15. The summed E-state index contributed by atoms with van der Waals surface area (Å²) >= 11 is 0. The summed E-state index contributed by atoms with van der Waals surface area (Å²) in [6.45, 7) is 7.94. The molecule has 2 nitrogen and oxygen atoms in total. The van der Waals surface area contributed by atoms with E-state index in [2.05, 4.69) is 6.07 Å². The fourth-order valence-corrected chi connectivity index (χ4v) is 1.66. The molecule has 0 aliphatic heterocycles. The lowest BCUT2D eigenvalue weighted by Crippen LogP contribution is -2.45. The first-order valence-electron chi connectivity index (χ1n) is 5.55. The zero-order chi connectivity index (χ0) is 12.5. The van der Waals surface area contributed by atoms with Crippen molar-refractivity contribution in [1.29, 1.82) is 0 Å². The van der Waals surface area contributed by atoms with Crippen molar-refractivity contribution in [3.05, 3.63) is 34.9 Å². The maximum absolute atomic E-state index is 12.4. The van der Waals surface area contributed by atoms with Crippen LogP contribution in [0.25, 0.3) is 0 Å². The number of carbonyl (C=O) groups excluding carboxylic acids is 1. The van der Waals surface area contributed by atoms with Crippen molar-refractivity contribution < 1.29 is 4.79 Å². The topological polar surface area (TPSA) is 20.3 Å². The number of carbonyl (C=O) groups is 1. The monoisotopic (exact) mass is 219 g/mol. The van der Waals surface area contributed by atoms with Crippen LogP contribution in [0.15, 0.2) is 18.2 Å². The Hall–Kier alpha value is -1.15. The molecule has 1 aromatic rings. The van der Waals surface area contributed by atoms with Crippen LogP contribution >= 0.6 is 0 Å². The van der Waals surface area contributed by atoms with Gasteiger partial charge in [-0.2, -0.15) is 0 Å². The molecule has 0 N–H and O–H groups in total. The predicted molar refractivity (Wildman–Crippen MR) is 68.0 cm³/mol. The van der Waals surface area contributed by atoms with Crippen LogP contribution in [0.5, 0.6) is 0 Å². The summed E-state index contributed by atoms with van der Waals surface area (Å²) in [4.78, 5) is 14.3. The molecule has 0 aliphatic rings. The lowest BCUT2D eigenvalue weighted by atomic mass is 9.90. The van der Waals surface area contributed by atoms with Crippen LogP contribution in [-0.2, 0) is 0 Å². The number of nitrogens with zero attached hydrogens (tertiary/aromatic N) is 1. The van der Waals surface area contributed by atoms with Gasteiger partial charge in [-0.3, -0.25) is 9.69 Å². The van der Waals surface area contributed by atoms with Crippen LogP contribution in [0, 0.1) is 13.8 Å². The van der Waals surface area contributed by atoms with Crippen LogP contribution < -0.4 is 0 Å². The molecular weight excluding hydrogens is 198 g/mol. The molecule has 0 fully saturated rings. The van der Waals surface area contributed by atoms with Gasteiger partial charge in [-0.25, -0.2) is 0 Å². The third kappa shape index (κ3) is 2.50. The molecule has 1 rings (SSSR count). The minimum atomic E-state index is -0.458. The molecule has 0 spiro atoms. The molecule has 1 aromatic carbocycles. The maximum atomic E-state index is 12.4. The van der Waals surface area contributed by atoms with Crippen LogP contribution in [-0.4, -0.2) is 30.3 Å². The summed E-state index contributed by atoms with van der Waals surface area (Å²) < 4.78 is 0. The van der Waals surface area contributed by atoms with Gasteiger partial charge in [-0.15, -0.1) is 0 Å². The van der Waals surface area contributed by atoms with Gasteiger partial charge in [0.15, 0.2) is 5.78 Å². The fourth-order valence-electron chi connectivity index (χ4n) is 1.66. The summed E-state index contributed by atoms with van der Waals surface area (Å²) in [5.74, 6) is 0.171. The zero-order valence-corrected chi connectivity index (χ0v) is 11.1. The van der Waals surface area contributed by atoms with Gasteiger partial charge in [0.25, 0.3) is 0 Å². The first-order valence-corrected chi connectivity index (χ1v) is 5.55. The first-order chi connectivity index (χ1) is 7.25. The predicted octanol–water partition coefficient (Wildman–Crippen LogP) is 2.83. The molecule has 88 valence electrons. The average Bonchev–Trinajstić information content (AvgIpc) is 2.14. The molecule has 0 amide bonds. The van der Waals surface area contributed by atoms with Crippen molar-refractivity contribution in [1.82, 2.24) is 4.90 Å². The Morgan fingerprint density at radius 3 is 1.88 bits per heavy atom. The second-order valence-electron chi connectivity index (χ2n) is 5.16. The van der Waals surface area contributed by atoms with E-state index in [0.717, 1.165) is 16.7 Å². The number of rotatable bonds is 3. The molecule has 2 heteroatoms. The van der Waals surface area contributed by atoms with Crippen molar-refractivity contribution in [3.63, 3.8) is 0 Å². The van der Waals surface area contributed by atoms with E-state index < -0.39 is 5.54 Å². The van der Waals surface area contributed by atoms with Crippen molar-refractivity contribution in [2.45, 2.75) is 33.2 Å². The van der Waals surface area contributed by atoms with E-state index in [1.807, 2.05) is 58.8 Å². The van der Waals surface area contributed by atoms with Gasteiger partial charge in [-0.05, 0) is 53.9 Å². The second kappa shape index (κ2) is 4.38. The lowest BCUT2D eigenvalue weighted by Gasteiger charge is -2.31. The highest BCUT2D eigenvalue weighted by Crippen LogP contribution is 2.19. The smallest absolute Gasteiger partial charge is 0.182 e. The number of likely N-dealkylation sites (N-methyl/N-ethyl adjacent to an activating group) is 1. The highest BCUT2D eigenvalue weighted by Gasteiger charge is 2.30. The first kappa shape index (κ1) is 12.9. The van der Waals surface area contributed by atoms with Crippen molar-refractivity contribution >= 4 is 5.78 Å². The number of ketones is 1. The molecule has 0 aromatic heterocycles. The molecule has 0 heterocycles. The van der Waals surface area contributed by atoms with Gasteiger partial charge in [0.1, 0.15) is 0 Å². The van der Waals surface area contributed by atoms with Crippen LogP contribution in [0.3, 0.4) is 0 Å². The fraction of sp³-hybridized carbons (Fsp3) is 0.500. The minimum Gasteiger partial charge on any atom is -0.297 e. The van der Waals surface area contributed by atoms with E-state index in [1.165, 1.54) is 0 Å². The summed E-state index contributed by atoms with van der Waals surface area (Å²) in [5.41, 5.74) is 2.62. The average molecular weight is 219 g/mol. The molecule has 0 unspecified atom stereocenters. The van der Waals surface area contributed by atoms with Crippen molar-refractivity contribution in [2.24, 2.45) is 0 Å². The van der Waals surface area contributed by atoms with Crippen LogP contribution in [0.1, 0.15) is 35.3 Å². The highest BCUT2D eigenvalue weighted by atomic mass is 16.1. The quantitative estimate of drug-likeness (QED) is 0.729. The Labute approximate surface area is 98.3 Å². The summed E-state index contributed by atoms with van der Waals surface area (Å²) in [6.07, 6.45) is 0. The van der Waals surface area contributed by atoms with Gasteiger partial charge in [0.2, 0.25) is 0 Å². The number of benzene rings is 1. The van der Waals surface area contributed by atoms with Gasteiger partial charge in [-0.1, -0.05) is 17.2 Å². The number of hydrogen-bond donors (Lipinski definition) is 0. The van der Waals surface area contributed by atoms with E-state index in [1.54, 1.807) is 0 Å². The third-order valence-corrected chi connectivity index (χ3v) is 3.16. The van der Waals surface area contributed by atoms with Crippen molar-refractivity contribution in [3.8, 4) is 0 Å².